The van der Waals surface area contributed by atoms with E-state index in [2.05, 4.69) is 41.3 Å². The Hall–Kier alpha value is -2.33. The average Bonchev–Trinajstić information content (AvgIpc) is 3.00. The summed E-state index contributed by atoms with van der Waals surface area (Å²) < 4.78 is 5.90. The first-order valence-corrected chi connectivity index (χ1v) is 8.11. The molecule has 0 spiro atoms. The number of benzene rings is 2. The third-order valence-electron chi connectivity index (χ3n) is 3.78. The van der Waals surface area contributed by atoms with E-state index in [1.807, 2.05) is 30.3 Å². The molecule has 0 amide bonds. The van der Waals surface area contributed by atoms with E-state index in [4.69, 9.17) is 4.74 Å². The molecule has 3 aromatic rings. The molecule has 0 aliphatic heterocycles. The van der Waals surface area contributed by atoms with Gasteiger partial charge in [0.15, 0.2) is 0 Å². The summed E-state index contributed by atoms with van der Waals surface area (Å²) in [7, 11) is 0. The monoisotopic (exact) mass is 309 g/mol. The van der Waals surface area contributed by atoms with Crippen LogP contribution in [0, 0.1) is 5.92 Å². The van der Waals surface area contributed by atoms with Crippen molar-refractivity contribution in [2.75, 3.05) is 6.54 Å². The van der Waals surface area contributed by atoms with E-state index >= 15 is 0 Å². The number of aromatic nitrogens is 2. The lowest BCUT2D eigenvalue weighted by Gasteiger charge is -2.09. The predicted octanol–water partition coefficient (Wildman–Crippen LogP) is 4.49. The first-order valence-electron chi connectivity index (χ1n) is 8.11. The number of hydrogen-bond donors (Lipinski definition) is 2. The lowest BCUT2D eigenvalue weighted by molar-refractivity contribution is 0.483. The second kappa shape index (κ2) is 7.29. The fourth-order valence-electron chi connectivity index (χ4n) is 2.41. The summed E-state index contributed by atoms with van der Waals surface area (Å²) in [6.45, 7) is 6.44. The molecule has 23 heavy (non-hydrogen) atoms. The molecule has 0 aliphatic rings. The maximum Gasteiger partial charge on any atom is 0.129 e. The summed E-state index contributed by atoms with van der Waals surface area (Å²) in [4.78, 5) is 7.30. The summed E-state index contributed by atoms with van der Waals surface area (Å²) >= 11 is 0. The quantitative estimate of drug-likeness (QED) is 0.632. The Morgan fingerprint density at radius 1 is 1.09 bits per heavy atom. The Labute approximate surface area is 136 Å². The average molecular weight is 309 g/mol. The zero-order chi connectivity index (χ0) is 16.1. The third-order valence-corrected chi connectivity index (χ3v) is 3.78. The lowest BCUT2D eigenvalue weighted by Crippen LogP contribution is -2.16. The van der Waals surface area contributed by atoms with Gasteiger partial charge in [-0.1, -0.05) is 26.0 Å². The molecule has 0 saturated heterocycles. The highest BCUT2D eigenvalue weighted by Crippen LogP contribution is 2.24. The van der Waals surface area contributed by atoms with E-state index in [1.165, 1.54) is 12.0 Å². The number of nitrogens with one attached hydrogen (secondary N) is 2. The van der Waals surface area contributed by atoms with E-state index in [-0.39, 0.29) is 0 Å². The van der Waals surface area contributed by atoms with Crippen LogP contribution in [0.15, 0.2) is 48.8 Å². The van der Waals surface area contributed by atoms with Crippen molar-refractivity contribution in [2.45, 2.75) is 26.8 Å². The fourth-order valence-corrected chi connectivity index (χ4v) is 2.41. The normalized spacial score (nSPS) is 11.3. The smallest absolute Gasteiger partial charge is 0.129 e. The van der Waals surface area contributed by atoms with E-state index in [1.54, 1.807) is 6.33 Å². The molecule has 2 aromatic carbocycles. The topological polar surface area (TPSA) is 49.9 Å². The number of rotatable bonds is 7. The highest BCUT2D eigenvalue weighted by atomic mass is 16.5. The van der Waals surface area contributed by atoms with Gasteiger partial charge in [0.25, 0.3) is 0 Å². The molecule has 0 bridgehead atoms. The van der Waals surface area contributed by atoms with Gasteiger partial charge in [0.05, 0.1) is 17.4 Å². The van der Waals surface area contributed by atoms with Crippen molar-refractivity contribution in [1.29, 1.82) is 0 Å². The van der Waals surface area contributed by atoms with Crippen LogP contribution >= 0.6 is 0 Å². The van der Waals surface area contributed by atoms with Crippen molar-refractivity contribution in [2.24, 2.45) is 5.92 Å². The zero-order valence-corrected chi connectivity index (χ0v) is 13.7. The number of H-pyrrole nitrogens is 1. The van der Waals surface area contributed by atoms with E-state index < -0.39 is 0 Å². The predicted molar refractivity (Wildman–Crippen MR) is 93.8 cm³/mol. The van der Waals surface area contributed by atoms with Gasteiger partial charge in [-0.05, 0) is 48.7 Å². The van der Waals surface area contributed by atoms with Crippen LogP contribution in [0.2, 0.25) is 0 Å². The molecule has 1 heterocycles. The Morgan fingerprint density at radius 2 is 1.87 bits per heavy atom. The van der Waals surface area contributed by atoms with E-state index in [0.29, 0.717) is 0 Å². The second-order valence-electron chi connectivity index (χ2n) is 6.19. The molecule has 2 N–H and O–H groups in total. The van der Waals surface area contributed by atoms with Gasteiger partial charge in [-0.25, -0.2) is 4.98 Å². The highest BCUT2D eigenvalue weighted by Gasteiger charge is 2.02. The van der Waals surface area contributed by atoms with Crippen molar-refractivity contribution < 1.29 is 4.74 Å². The first-order chi connectivity index (χ1) is 11.2. The van der Waals surface area contributed by atoms with Crippen LogP contribution in [0.3, 0.4) is 0 Å². The van der Waals surface area contributed by atoms with Crippen molar-refractivity contribution in [3.8, 4) is 11.5 Å². The fraction of sp³-hybridized carbons (Fsp3) is 0.316. The van der Waals surface area contributed by atoms with Crippen LogP contribution in [0.4, 0.5) is 0 Å². The SMILES string of the molecule is CC(C)CCNCc1ccc(Oc2ccc3nc[nH]c3c2)cc1. The number of imidazole rings is 1. The molecular weight excluding hydrogens is 286 g/mol. The zero-order valence-electron chi connectivity index (χ0n) is 13.7. The van der Waals surface area contributed by atoms with Crippen molar-refractivity contribution in [3.05, 3.63) is 54.4 Å². The molecule has 0 unspecified atom stereocenters. The van der Waals surface area contributed by atoms with Gasteiger partial charge in [0.2, 0.25) is 0 Å². The minimum atomic E-state index is 0.741. The summed E-state index contributed by atoms with van der Waals surface area (Å²) in [6.07, 6.45) is 2.90. The lowest BCUT2D eigenvalue weighted by atomic mass is 10.1. The molecule has 0 fully saturated rings. The van der Waals surface area contributed by atoms with Gasteiger partial charge in [0.1, 0.15) is 11.5 Å². The number of aromatic amines is 1. The minimum absolute atomic E-state index is 0.741. The molecule has 0 saturated carbocycles. The van der Waals surface area contributed by atoms with Gasteiger partial charge in [-0.2, -0.15) is 0 Å². The van der Waals surface area contributed by atoms with Crippen LogP contribution in [0.1, 0.15) is 25.8 Å². The molecular formula is C19H23N3O. The molecule has 0 aliphatic carbocycles. The van der Waals surface area contributed by atoms with Crippen LogP contribution in [-0.2, 0) is 6.54 Å². The van der Waals surface area contributed by atoms with Crippen molar-refractivity contribution in [3.63, 3.8) is 0 Å². The Balaban J connectivity index is 1.56. The van der Waals surface area contributed by atoms with Crippen LogP contribution < -0.4 is 10.1 Å². The summed E-state index contributed by atoms with van der Waals surface area (Å²) in [5, 5.41) is 3.47. The Bertz CT molecular complexity index is 747. The van der Waals surface area contributed by atoms with E-state index in [0.717, 1.165) is 41.5 Å². The van der Waals surface area contributed by atoms with Crippen LogP contribution in [-0.4, -0.2) is 16.5 Å². The van der Waals surface area contributed by atoms with Gasteiger partial charge in [0, 0.05) is 12.6 Å². The third kappa shape index (κ3) is 4.33. The summed E-state index contributed by atoms with van der Waals surface area (Å²) in [5.74, 6) is 2.39. The minimum Gasteiger partial charge on any atom is -0.457 e. The highest BCUT2D eigenvalue weighted by molar-refractivity contribution is 5.76. The molecule has 0 atom stereocenters. The van der Waals surface area contributed by atoms with Gasteiger partial charge in [-0.15, -0.1) is 0 Å². The van der Waals surface area contributed by atoms with E-state index in [9.17, 15) is 0 Å². The Kier molecular flexibility index (Phi) is 4.93. The summed E-state index contributed by atoms with van der Waals surface area (Å²) in [5.41, 5.74) is 3.19. The maximum atomic E-state index is 5.90. The molecule has 1 aromatic heterocycles. The van der Waals surface area contributed by atoms with Crippen molar-refractivity contribution >= 4 is 11.0 Å². The molecule has 3 rings (SSSR count). The number of nitrogens with zero attached hydrogens (tertiary/aromatic N) is 1. The van der Waals surface area contributed by atoms with Gasteiger partial charge < -0.3 is 15.0 Å². The Morgan fingerprint density at radius 3 is 2.65 bits per heavy atom. The molecule has 0 radical (unpaired) electrons. The van der Waals surface area contributed by atoms with Gasteiger partial charge in [-0.3, -0.25) is 0 Å². The largest absolute Gasteiger partial charge is 0.457 e. The van der Waals surface area contributed by atoms with Crippen LogP contribution in [0.5, 0.6) is 11.5 Å². The second-order valence-corrected chi connectivity index (χ2v) is 6.19. The van der Waals surface area contributed by atoms with Crippen LogP contribution in [0.25, 0.3) is 11.0 Å². The number of ether oxygens (including phenoxy) is 1. The number of hydrogen-bond acceptors (Lipinski definition) is 3. The number of fused-ring (bicyclic) bond motifs is 1. The first kappa shape index (κ1) is 15.6. The molecule has 4 heteroatoms. The maximum absolute atomic E-state index is 5.90. The summed E-state index contributed by atoms with van der Waals surface area (Å²) in [6, 6.07) is 14.1. The van der Waals surface area contributed by atoms with Crippen molar-refractivity contribution in [1.82, 2.24) is 15.3 Å². The van der Waals surface area contributed by atoms with Gasteiger partial charge >= 0.3 is 0 Å². The standard InChI is InChI=1S/C19H23N3O/c1-14(2)9-10-20-12-15-3-5-16(6-4-15)23-17-7-8-18-19(11-17)22-13-21-18/h3-8,11,13-14,20H,9-10,12H2,1-2H3,(H,21,22). The molecule has 120 valence electrons. The molecule has 4 nitrogen and oxygen atoms in total.